The van der Waals surface area contributed by atoms with Gasteiger partial charge in [0.1, 0.15) is 18.1 Å². The van der Waals surface area contributed by atoms with Crippen molar-refractivity contribution in [3.05, 3.63) is 40.7 Å². The van der Waals surface area contributed by atoms with Crippen molar-refractivity contribution in [2.24, 2.45) is 0 Å². The van der Waals surface area contributed by atoms with Crippen LogP contribution in [0, 0.1) is 0 Å². The van der Waals surface area contributed by atoms with Crippen LogP contribution in [-0.4, -0.2) is 38.0 Å². The van der Waals surface area contributed by atoms with Crippen molar-refractivity contribution in [3.8, 4) is 0 Å². The molecule has 0 spiro atoms. The first-order valence-corrected chi connectivity index (χ1v) is 5.82. The van der Waals surface area contributed by atoms with Crippen molar-refractivity contribution in [1.82, 2.24) is 14.4 Å². The molecular formula is C12H11N3O4. The van der Waals surface area contributed by atoms with Crippen molar-refractivity contribution < 1.29 is 14.6 Å². The molecule has 1 N–H and O–H groups in total. The second-order valence-electron chi connectivity index (χ2n) is 4.28. The normalized spacial score (nSPS) is 23.1. The number of aliphatic hydroxyl groups is 1. The molecule has 3 rings (SSSR count). The first kappa shape index (κ1) is 11.9. The van der Waals surface area contributed by atoms with Crippen LogP contribution < -0.4 is 5.69 Å². The Balaban J connectivity index is 2.09. The minimum atomic E-state index is -0.793. The van der Waals surface area contributed by atoms with E-state index in [2.05, 4.69) is 9.97 Å². The maximum atomic E-state index is 11.6. The van der Waals surface area contributed by atoms with Crippen LogP contribution >= 0.6 is 0 Å². The minimum Gasteiger partial charge on any atom is -0.393 e. The largest absolute Gasteiger partial charge is 0.393 e. The van der Waals surface area contributed by atoms with Crippen molar-refractivity contribution in [1.29, 1.82) is 0 Å². The van der Waals surface area contributed by atoms with Gasteiger partial charge in [0.2, 0.25) is 0 Å². The van der Waals surface area contributed by atoms with Crippen molar-refractivity contribution in [2.75, 3.05) is 6.61 Å². The maximum absolute atomic E-state index is 11.6. The Bertz CT molecular complexity index is 697. The van der Waals surface area contributed by atoms with E-state index in [0.717, 1.165) is 0 Å². The molecule has 1 aliphatic rings. The van der Waals surface area contributed by atoms with Gasteiger partial charge in [-0.2, -0.15) is 4.98 Å². The summed E-state index contributed by atoms with van der Waals surface area (Å²) < 4.78 is 6.78. The van der Waals surface area contributed by atoms with Crippen LogP contribution in [0.3, 0.4) is 0 Å². The lowest BCUT2D eigenvalue weighted by molar-refractivity contribution is -0.124. The zero-order valence-electron chi connectivity index (χ0n) is 9.89. The van der Waals surface area contributed by atoms with Crippen LogP contribution in [-0.2, 0) is 9.53 Å². The smallest absolute Gasteiger partial charge is 0.354 e. The van der Waals surface area contributed by atoms with Gasteiger partial charge in [-0.25, -0.2) is 9.78 Å². The molecule has 1 aliphatic heterocycles. The van der Waals surface area contributed by atoms with Crippen molar-refractivity contribution in [2.45, 2.75) is 18.6 Å². The molecule has 3 heterocycles. The second kappa shape index (κ2) is 4.52. The molecule has 0 unspecified atom stereocenters. The molecular weight excluding hydrogens is 250 g/mol. The van der Waals surface area contributed by atoms with E-state index < -0.39 is 17.9 Å². The number of ketones is 1. The Morgan fingerprint density at radius 2 is 2.26 bits per heavy atom. The first-order valence-electron chi connectivity index (χ1n) is 5.82. The van der Waals surface area contributed by atoms with E-state index in [1.807, 2.05) is 0 Å². The number of ether oxygens (including phenoxy) is 1. The fourth-order valence-electron chi connectivity index (χ4n) is 2.22. The Kier molecular flexibility index (Phi) is 2.84. The van der Waals surface area contributed by atoms with Crippen molar-refractivity contribution >= 4 is 11.4 Å². The van der Waals surface area contributed by atoms with Gasteiger partial charge in [-0.1, -0.05) is 6.07 Å². The highest BCUT2D eigenvalue weighted by atomic mass is 16.5. The third-order valence-electron chi connectivity index (χ3n) is 3.14. The molecule has 19 heavy (non-hydrogen) atoms. The molecule has 1 saturated heterocycles. The van der Waals surface area contributed by atoms with E-state index >= 15 is 0 Å². The molecule has 7 heteroatoms. The number of aromatic nitrogens is 3. The topological polar surface area (TPSA) is 93.8 Å². The summed E-state index contributed by atoms with van der Waals surface area (Å²) in [5, 5.41) is 9.03. The molecule has 2 aromatic rings. The fourth-order valence-corrected chi connectivity index (χ4v) is 2.22. The fraction of sp³-hybridized carbons (Fsp3) is 0.333. The van der Waals surface area contributed by atoms with Gasteiger partial charge in [0, 0.05) is 18.2 Å². The third kappa shape index (κ3) is 1.92. The van der Waals surface area contributed by atoms with Crippen LogP contribution in [0.2, 0.25) is 0 Å². The number of rotatable bonds is 2. The summed E-state index contributed by atoms with van der Waals surface area (Å²) in [5.41, 5.74) is 0.625. The summed E-state index contributed by atoms with van der Waals surface area (Å²) in [6.45, 7) is -0.338. The number of fused-ring (bicyclic) bond motifs is 1. The van der Waals surface area contributed by atoms with E-state index in [-0.39, 0.29) is 18.8 Å². The van der Waals surface area contributed by atoms with E-state index in [0.29, 0.717) is 11.2 Å². The van der Waals surface area contributed by atoms with Gasteiger partial charge >= 0.3 is 5.69 Å². The predicted molar refractivity (Wildman–Crippen MR) is 63.6 cm³/mol. The monoisotopic (exact) mass is 261 g/mol. The minimum absolute atomic E-state index is 0.147. The zero-order valence-corrected chi connectivity index (χ0v) is 9.89. The van der Waals surface area contributed by atoms with Crippen LogP contribution in [0.25, 0.3) is 5.65 Å². The summed E-state index contributed by atoms with van der Waals surface area (Å²) in [6, 6.07) is 3.42. The Morgan fingerprint density at radius 1 is 1.42 bits per heavy atom. The first-order chi connectivity index (χ1) is 9.20. The summed E-state index contributed by atoms with van der Waals surface area (Å²) in [6.07, 6.45) is 1.63. The number of hydrogen-bond acceptors (Lipinski definition) is 6. The summed E-state index contributed by atoms with van der Waals surface area (Å²) in [4.78, 5) is 30.8. The highest BCUT2D eigenvalue weighted by molar-refractivity contribution is 5.85. The van der Waals surface area contributed by atoms with Crippen LogP contribution in [0.5, 0.6) is 0 Å². The second-order valence-corrected chi connectivity index (χ2v) is 4.28. The number of aliphatic hydroxyl groups excluding tert-OH is 1. The van der Waals surface area contributed by atoms with Crippen molar-refractivity contribution in [3.63, 3.8) is 0 Å². The molecule has 0 amide bonds. The molecule has 0 radical (unpaired) electrons. The van der Waals surface area contributed by atoms with Gasteiger partial charge < -0.3 is 9.84 Å². The Hall–Kier alpha value is -2.12. The average molecular weight is 261 g/mol. The van der Waals surface area contributed by atoms with Crippen LogP contribution in [0.1, 0.15) is 18.1 Å². The molecule has 0 saturated carbocycles. The van der Waals surface area contributed by atoms with Gasteiger partial charge in [0.05, 0.1) is 12.7 Å². The van der Waals surface area contributed by atoms with E-state index in [4.69, 9.17) is 9.84 Å². The Labute approximate surface area is 107 Å². The Morgan fingerprint density at radius 3 is 3.00 bits per heavy atom. The summed E-state index contributed by atoms with van der Waals surface area (Å²) in [5.74, 6) is -0.147. The summed E-state index contributed by atoms with van der Waals surface area (Å²) >= 11 is 0. The number of Topliss-reactive ketones (excluding diaryl/α,β-unsaturated/α-hetero) is 1. The molecule has 2 aromatic heterocycles. The summed E-state index contributed by atoms with van der Waals surface area (Å²) in [7, 11) is 0. The molecule has 0 bridgehead atoms. The van der Waals surface area contributed by atoms with Gasteiger partial charge in [-0.15, -0.1) is 0 Å². The maximum Gasteiger partial charge on any atom is 0.354 e. The van der Waals surface area contributed by atoms with E-state index in [1.165, 1.54) is 10.7 Å². The quantitative estimate of drug-likeness (QED) is 0.781. The molecule has 0 aliphatic carbocycles. The lowest BCUT2D eigenvalue weighted by atomic mass is 10.1. The third-order valence-corrected chi connectivity index (χ3v) is 3.14. The van der Waals surface area contributed by atoms with Crippen LogP contribution in [0.15, 0.2) is 29.5 Å². The highest BCUT2D eigenvalue weighted by Gasteiger charge is 2.34. The number of carbonyl (C=O) groups is 1. The molecule has 7 nitrogen and oxygen atoms in total. The van der Waals surface area contributed by atoms with Gasteiger partial charge in [0.15, 0.2) is 5.78 Å². The predicted octanol–water partition coefficient (Wildman–Crippen LogP) is -0.519. The molecule has 1 fully saturated rings. The molecule has 2 atom stereocenters. The van der Waals surface area contributed by atoms with Gasteiger partial charge in [0.25, 0.3) is 0 Å². The molecule has 0 aromatic carbocycles. The number of hydrogen-bond donors (Lipinski definition) is 1. The standard InChI is InChI=1S/C12H11N3O4/c16-5-10-8(17)4-9(19-10)7-2-1-3-15-11(7)13-6-14-12(15)18/h1-3,6,9-10,16H,4-5H2/t9-,10-/m1/s1. The van der Waals surface area contributed by atoms with Crippen LogP contribution in [0.4, 0.5) is 0 Å². The zero-order chi connectivity index (χ0) is 13.4. The van der Waals surface area contributed by atoms with Gasteiger partial charge in [-0.3, -0.25) is 9.20 Å². The lowest BCUT2D eigenvalue weighted by Gasteiger charge is -2.12. The molecule has 98 valence electrons. The lowest BCUT2D eigenvalue weighted by Crippen LogP contribution is -2.20. The van der Waals surface area contributed by atoms with E-state index in [9.17, 15) is 9.59 Å². The SMILES string of the molecule is O=C1C[C@H](c2cccn3c(=O)ncnc23)O[C@@H]1CO. The average Bonchev–Trinajstić information content (AvgIpc) is 2.80. The van der Waals surface area contributed by atoms with E-state index in [1.54, 1.807) is 18.3 Å². The number of carbonyl (C=O) groups excluding carboxylic acids is 1. The highest BCUT2D eigenvalue weighted by Crippen LogP contribution is 2.31. The number of pyridine rings is 1. The number of nitrogens with zero attached hydrogens (tertiary/aromatic N) is 3. The van der Waals surface area contributed by atoms with Gasteiger partial charge in [-0.05, 0) is 6.07 Å².